The Bertz CT molecular complexity index is 587. The molecule has 0 aromatic rings. The zero-order chi connectivity index (χ0) is 15.2. The second-order valence-corrected chi connectivity index (χ2v) is 8.35. The number of hydrogen-bond donors (Lipinski definition) is 0. The van der Waals surface area contributed by atoms with E-state index >= 15 is 0 Å². The second-order valence-electron chi connectivity index (χ2n) is 8.35. The SMILES string of the molecule is C[C@@H]1C=C2C3[C@@H](CCC2(C)C)OC(=O)[C@]32CCC(=O)[C@@]12C. The van der Waals surface area contributed by atoms with Crippen molar-refractivity contribution >= 4 is 11.8 Å². The Morgan fingerprint density at radius 2 is 1.90 bits per heavy atom. The van der Waals surface area contributed by atoms with Crippen LogP contribution in [0.3, 0.4) is 0 Å². The van der Waals surface area contributed by atoms with Crippen LogP contribution in [0.4, 0.5) is 0 Å². The summed E-state index contributed by atoms with van der Waals surface area (Å²) >= 11 is 0. The normalized spacial score (nSPS) is 50.3. The van der Waals surface area contributed by atoms with Gasteiger partial charge in [0.25, 0.3) is 0 Å². The summed E-state index contributed by atoms with van der Waals surface area (Å²) in [7, 11) is 0. The maximum Gasteiger partial charge on any atom is 0.314 e. The maximum absolute atomic E-state index is 12.9. The number of Topliss-reactive ketones (excluding diaryl/α,β-unsaturated/α-hetero) is 1. The van der Waals surface area contributed by atoms with Crippen LogP contribution in [0.5, 0.6) is 0 Å². The molecule has 4 rings (SSSR count). The predicted molar refractivity (Wildman–Crippen MR) is 78.4 cm³/mol. The van der Waals surface area contributed by atoms with Crippen molar-refractivity contribution in [2.45, 2.75) is 59.5 Å². The summed E-state index contributed by atoms with van der Waals surface area (Å²) in [4.78, 5) is 25.5. The monoisotopic (exact) mass is 288 g/mol. The van der Waals surface area contributed by atoms with Gasteiger partial charge >= 0.3 is 5.97 Å². The van der Waals surface area contributed by atoms with Crippen molar-refractivity contribution in [3.05, 3.63) is 11.6 Å². The second kappa shape index (κ2) is 3.61. The lowest BCUT2D eigenvalue weighted by Gasteiger charge is -2.53. The summed E-state index contributed by atoms with van der Waals surface area (Å²) in [5, 5.41) is 0. The first-order chi connectivity index (χ1) is 9.75. The van der Waals surface area contributed by atoms with E-state index in [1.807, 2.05) is 6.92 Å². The van der Waals surface area contributed by atoms with Crippen molar-refractivity contribution in [3.8, 4) is 0 Å². The average Bonchev–Trinajstić information content (AvgIpc) is 2.85. The highest BCUT2D eigenvalue weighted by molar-refractivity contribution is 5.98. The third-order valence-corrected chi connectivity index (χ3v) is 7.29. The minimum Gasteiger partial charge on any atom is -0.461 e. The molecule has 0 bridgehead atoms. The molecule has 3 heteroatoms. The van der Waals surface area contributed by atoms with Crippen LogP contribution in [0.2, 0.25) is 0 Å². The molecule has 3 fully saturated rings. The van der Waals surface area contributed by atoms with Crippen LogP contribution >= 0.6 is 0 Å². The Balaban J connectivity index is 2.00. The average molecular weight is 288 g/mol. The molecule has 2 saturated carbocycles. The van der Waals surface area contributed by atoms with Crippen LogP contribution in [-0.4, -0.2) is 17.9 Å². The Hall–Kier alpha value is -1.12. The molecule has 1 spiro atoms. The van der Waals surface area contributed by atoms with Gasteiger partial charge in [-0.3, -0.25) is 9.59 Å². The molecule has 0 N–H and O–H groups in total. The van der Waals surface area contributed by atoms with Gasteiger partial charge in [0.1, 0.15) is 11.9 Å². The van der Waals surface area contributed by atoms with Crippen LogP contribution in [0.25, 0.3) is 0 Å². The van der Waals surface area contributed by atoms with Crippen LogP contribution in [-0.2, 0) is 14.3 Å². The molecule has 0 aromatic heterocycles. The summed E-state index contributed by atoms with van der Waals surface area (Å²) in [6.45, 7) is 8.68. The Morgan fingerprint density at radius 3 is 2.62 bits per heavy atom. The highest BCUT2D eigenvalue weighted by Gasteiger charge is 2.75. The van der Waals surface area contributed by atoms with Crippen molar-refractivity contribution < 1.29 is 14.3 Å². The van der Waals surface area contributed by atoms with Crippen LogP contribution in [0.15, 0.2) is 11.6 Å². The van der Waals surface area contributed by atoms with E-state index in [1.165, 1.54) is 5.57 Å². The van der Waals surface area contributed by atoms with Crippen molar-refractivity contribution in [1.29, 1.82) is 0 Å². The number of ether oxygens (including phenoxy) is 1. The van der Waals surface area contributed by atoms with Crippen LogP contribution in [0.1, 0.15) is 53.4 Å². The van der Waals surface area contributed by atoms with Gasteiger partial charge in [0.05, 0.1) is 5.41 Å². The van der Waals surface area contributed by atoms with E-state index in [0.717, 1.165) is 12.8 Å². The quantitative estimate of drug-likeness (QED) is 0.507. The zero-order valence-corrected chi connectivity index (χ0v) is 13.4. The van der Waals surface area contributed by atoms with Gasteiger partial charge in [-0.2, -0.15) is 0 Å². The summed E-state index contributed by atoms with van der Waals surface area (Å²) in [6, 6.07) is 0. The third kappa shape index (κ3) is 1.24. The molecule has 0 aromatic carbocycles. The first-order valence-corrected chi connectivity index (χ1v) is 8.22. The Kier molecular flexibility index (Phi) is 2.33. The Labute approximate surface area is 126 Å². The highest BCUT2D eigenvalue weighted by atomic mass is 16.6. The lowest BCUT2D eigenvalue weighted by atomic mass is 9.46. The number of rotatable bonds is 0. The molecule has 1 aliphatic heterocycles. The number of carbonyl (C=O) groups is 2. The molecule has 1 heterocycles. The molecule has 114 valence electrons. The van der Waals surface area contributed by atoms with E-state index in [9.17, 15) is 9.59 Å². The molecule has 21 heavy (non-hydrogen) atoms. The number of carbonyl (C=O) groups excluding carboxylic acids is 2. The first-order valence-electron chi connectivity index (χ1n) is 8.22. The molecular formula is C18H24O3. The van der Waals surface area contributed by atoms with Crippen molar-refractivity contribution in [2.75, 3.05) is 0 Å². The summed E-state index contributed by atoms with van der Waals surface area (Å²) in [5.41, 5.74) is 0.337. The molecule has 3 aliphatic carbocycles. The van der Waals surface area contributed by atoms with Gasteiger partial charge in [0, 0.05) is 17.8 Å². The van der Waals surface area contributed by atoms with Crippen LogP contribution < -0.4 is 0 Å². The van der Waals surface area contributed by atoms with E-state index in [-0.39, 0.29) is 35.1 Å². The molecule has 0 amide bonds. The summed E-state index contributed by atoms with van der Waals surface area (Å²) in [6.07, 6.45) is 5.50. The lowest BCUT2D eigenvalue weighted by molar-refractivity contribution is -0.158. The molecule has 0 radical (unpaired) electrons. The molecule has 1 unspecified atom stereocenters. The Morgan fingerprint density at radius 1 is 1.19 bits per heavy atom. The van der Waals surface area contributed by atoms with E-state index in [4.69, 9.17) is 4.74 Å². The van der Waals surface area contributed by atoms with Gasteiger partial charge in [-0.25, -0.2) is 0 Å². The standard InChI is InChI=1S/C18H24O3/c1-10-9-11-14-12(5-7-16(11,2)3)21-15(20)18(14)8-6-13(19)17(10,18)4/h9-10,12,14H,5-8H2,1-4H3/t10-,12-,14?,17-,18+/m1/s1. The molecule has 1 saturated heterocycles. The zero-order valence-electron chi connectivity index (χ0n) is 13.4. The van der Waals surface area contributed by atoms with Gasteiger partial charge in [-0.05, 0) is 30.6 Å². The van der Waals surface area contributed by atoms with Gasteiger partial charge in [0.15, 0.2) is 0 Å². The molecule has 3 nitrogen and oxygen atoms in total. The van der Waals surface area contributed by atoms with Crippen LogP contribution in [0, 0.1) is 28.1 Å². The van der Waals surface area contributed by atoms with Crippen molar-refractivity contribution in [3.63, 3.8) is 0 Å². The lowest BCUT2D eigenvalue weighted by Crippen LogP contribution is -2.56. The largest absolute Gasteiger partial charge is 0.461 e. The maximum atomic E-state index is 12.9. The first kappa shape index (κ1) is 13.5. The summed E-state index contributed by atoms with van der Waals surface area (Å²) in [5.74, 6) is 0.399. The van der Waals surface area contributed by atoms with E-state index in [2.05, 4.69) is 26.8 Å². The molecule has 5 atom stereocenters. The minimum atomic E-state index is -0.587. The van der Waals surface area contributed by atoms with Gasteiger partial charge in [-0.15, -0.1) is 0 Å². The predicted octanol–water partition coefficient (Wildman–Crippen LogP) is 3.28. The number of esters is 1. The number of hydrogen-bond acceptors (Lipinski definition) is 3. The van der Waals surface area contributed by atoms with E-state index in [1.54, 1.807) is 0 Å². The van der Waals surface area contributed by atoms with E-state index < -0.39 is 10.8 Å². The van der Waals surface area contributed by atoms with Gasteiger partial charge in [-0.1, -0.05) is 39.3 Å². The fourth-order valence-electron chi connectivity index (χ4n) is 5.81. The van der Waals surface area contributed by atoms with Crippen molar-refractivity contribution in [2.24, 2.45) is 28.1 Å². The minimum absolute atomic E-state index is 0.00509. The highest BCUT2D eigenvalue weighted by Crippen LogP contribution is 2.70. The fraction of sp³-hybridized carbons (Fsp3) is 0.778. The molecular weight excluding hydrogens is 264 g/mol. The number of allylic oxidation sites excluding steroid dienone is 1. The van der Waals surface area contributed by atoms with Gasteiger partial charge in [0.2, 0.25) is 0 Å². The van der Waals surface area contributed by atoms with Crippen molar-refractivity contribution in [1.82, 2.24) is 0 Å². The third-order valence-electron chi connectivity index (χ3n) is 7.29. The summed E-state index contributed by atoms with van der Waals surface area (Å²) < 4.78 is 5.81. The van der Waals surface area contributed by atoms with E-state index in [0.29, 0.717) is 12.8 Å². The smallest absolute Gasteiger partial charge is 0.314 e. The van der Waals surface area contributed by atoms with Gasteiger partial charge < -0.3 is 4.74 Å². The fourth-order valence-corrected chi connectivity index (χ4v) is 5.81. The topological polar surface area (TPSA) is 43.4 Å². The molecule has 4 aliphatic rings. The number of ketones is 1.